The summed E-state index contributed by atoms with van der Waals surface area (Å²) in [7, 11) is 0. The summed E-state index contributed by atoms with van der Waals surface area (Å²) in [6.45, 7) is 4.31. The minimum Gasteiger partial charge on any atom is -0.571 e. The number of ketones is 2. The van der Waals surface area contributed by atoms with Gasteiger partial charge in [0.2, 0.25) is 17.3 Å². The van der Waals surface area contributed by atoms with Crippen molar-refractivity contribution in [3.05, 3.63) is 76.3 Å². The Kier molecular flexibility index (Phi) is 4.88. The molecule has 0 N–H and O–H groups in total. The lowest BCUT2D eigenvalue weighted by Gasteiger charge is -2.33. The number of piperazine rings is 1. The van der Waals surface area contributed by atoms with Crippen molar-refractivity contribution < 1.29 is 19.0 Å². The molecular formula is C24H22N6O4. The molecule has 172 valence electrons. The Balaban J connectivity index is 1.09. The van der Waals surface area contributed by atoms with Gasteiger partial charge in [-0.2, -0.15) is 4.98 Å². The van der Waals surface area contributed by atoms with E-state index in [-0.39, 0.29) is 23.0 Å². The molecule has 2 aromatic heterocycles. The van der Waals surface area contributed by atoms with Crippen molar-refractivity contribution in [2.24, 2.45) is 0 Å². The quantitative estimate of drug-likeness (QED) is 0.289. The number of carbonyl (C=O) groups excluding carboxylic acids is 2. The molecule has 0 amide bonds. The second kappa shape index (κ2) is 8.07. The Morgan fingerprint density at radius 2 is 1.62 bits per heavy atom. The van der Waals surface area contributed by atoms with Crippen molar-refractivity contribution >= 4 is 28.7 Å². The molecule has 0 atom stereocenters. The maximum Gasteiger partial charge on any atom is 0.298 e. The molecule has 1 fully saturated rings. The number of benzene rings is 2. The predicted octanol–water partition coefficient (Wildman–Crippen LogP) is 1.65. The van der Waals surface area contributed by atoms with Gasteiger partial charge in [-0.25, -0.2) is 0 Å². The number of hydrogen-bond acceptors (Lipinski definition) is 8. The molecule has 2 aliphatic rings. The van der Waals surface area contributed by atoms with Gasteiger partial charge in [0.1, 0.15) is 5.52 Å². The predicted molar refractivity (Wildman–Crippen MR) is 122 cm³/mol. The van der Waals surface area contributed by atoms with Crippen LogP contribution in [-0.4, -0.2) is 64.0 Å². The Bertz CT molecular complexity index is 1380. The van der Waals surface area contributed by atoms with Gasteiger partial charge < -0.3 is 14.5 Å². The van der Waals surface area contributed by atoms with Gasteiger partial charge in [-0.3, -0.25) is 14.5 Å². The summed E-state index contributed by atoms with van der Waals surface area (Å²) in [4.78, 5) is 35.1. The highest BCUT2D eigenvalue weighted by Crippen LogP contribution is 2.26. The SMILES string of the molecule is O=C1c2ccccc2C(=O)c2c1n[n+]([O-])n2CCCN1CCN(c2nc3ccccc3o2)CC1. The van der Waals surface area contributed by atoms with Gasteiger partial charge in [0.15, 0.2) is 11.3 Å². The highest BCUT2D eigenvalue weighted by Gasteiger charge is 2.39. The molecule has 0 radical (unpaired) electrons. The van der Waals surface area contributed by atoms with E-state index < -0.39 is 0 Å². The number of nitrogens with zero attached hydrogens (tertiary/aromatic N) is 6. The Labute approximate surface area is 194 Å². The Hall–Kier alpha value is -4.05. The van der Waals surface area contributed by atoms with Gasteiger partial charge in [-0.1, -0.05) is 36.4 Å². The zero-order valence-electron chi connectivity index (χ0n) is 18.4. The fourth-order valence-corrected chi connectivity index (χ4v) is 4.71. The average Bonchev–Trinajstić information content (AvgIpc) is 3.44. The van der Waals surface area contributed by atoms with Crippen LogP contribution in [0.3, 0.4) is 0 Å². The molecule has 10 heteroatoms. The van der Waals surface area contributed by atoms with Crippen LogP contribution in [0.2, 0.25) is 0 Å². The molecule has 1 aliphatic carbocycles. The second-order valence-corrected chi connectivity index (χ2v) is 8.52. The van der Waals surface area contributed by atoms with Crippen molar-refractivity contribution in [1.82, 2.24) is 19.7 Å². The van der Waals surface area contributed by atoms with Crippen LogP contribution in [0.1, 0.15) is 38.5 Å². The van der Waals surface area contributed by atoms with Gasteiger partial charge in [0.05, 0.1) is 6.54 Å². The zero-order valence-corrected chi connectivity index (χ0v) is 18.4. The molecule has 0 bridgehead atoms. The van der Waals surface area contributed by atoms with Crippen molar-refractivity contribution in [3.8, 4) is 0 Å². The summed E-state index contributed by atoms with van der Waals surface area (Å²) >= 11 is 0. The van der Waals surface area contributed by atoms with Crippen LogP contribution in [-0.2, 0) is 6.54 Å². The smallest absolute Gasteiger partial charge is 0.298 e. The van der Waals surface area contributed by atoms with E-state index in [9.17, 15) is 14.8 Å². The number of rotatable bonds is 5. The highest BCUT2D eigenvalue weighted by atomic mass is 16.5. The van der Waals surface area contributed by atoms with Crippen molar-refractivity contribution in [3.63, 3.8) is 0 Å². The van der Waals surface area contributed by atoms with Crippen molar-refractivity contribution in [2.75, 3.05) is 37.6 Å². The van der Waals surface area contributed by atoms with E-state index in [2.05, 4.69) is 19.9 Å². The fourth-order valence-electron chi connectivity index (χ4n) is 4.71. The van der Waals surface area contributed by atoms with E-state index in [0.29, 0.717) is 35.1 Å². The van der Waals surface area contributed by atoms with Crippen molar-refractivity contribution in [2.45, 2.75) is 13.0 Å². The third kappa shape index (κ3) is 3.34. The Morgan fingerprint density at radius 1 is 0.912 bits per heavy atom. The number of fused-ring (bicyclic) bond motifs is 3. The van der Waals surface area contributed by atoms with Crippen LogP contribution < -0.4 is 9.86 Å². The number of para-hydroxylation sites is 2. The summed E-state index contributed by atoms with van der Waals surface area (Å²) in [6, 6.07) is 15.0. The van der Waals surface area contributed by atoms with Crippen LogP contribution >= 0.6 is 0 Å². The summed E-state index contributed by atoms with van der Waals surface area (Å²) in [5.41, 5.74) is 2.26. The first kappa shape index (κ1) is 20.5. The lowest BCUT2D eigenvalue weighted by molar-refractivity contribution is -0.749. The Morgan fingerprint density at radius 3 is 2.38 bits per heavy atom. The molecule has 1 aliphatic heterocycles. The highest BCUT2D eigenvalue weighted by molar-refractivity contribution is 6.26. The zero-order chi connectivity index (χ0) is 23.2. The maximum atomic E-state index is 13.0. The lowest BCUT2D eigenvalue weighted by atomic mass is 9.90. The van der Waals surface area contributed by atoms with Crippen molar-refractivity contribution in [1.29, 1.82) is 0 Å². The van der Waals surface area contributed by atoms with Gasteiger partial charge in [-0.05, 0) is 18.6 Å². The first-order valence-corrected chi connectivity index (χ1v) is 11.3. The summed E-state index contributed by atoms with van der Waals surface area (Å²) in [6.07, 6.45) is 0.650. The van der Waals surface area contributed by atoms with E-state index in [0.717, 1.165) is 43.8 Å². The summed E-state index contributed by atoms with van der Waals surface area (Å²) in [5, 5.41) is 16.3. The summed E-state index contributed by atoms with van der Waals surface area (Å²) in [5.74, 6) is -0.719. The molecule has 2 aromatic carbocycles. The van der Waals surface area contributed by atoms with Gasteiger partial charge in [0, 0.05) is 53.9 Å². The van der Waals surface area contributed by atoms with Gasteiger partial charge in [0.25, 0.3) is 6.01 Å². The summed E-state index contributed by atoms with van der Waals surface area (Å²) < 4.78 is 7.15. The number of aromatic nitrogens is 4. The minimum absolute atomic E-state index is 0.0642. The topological polar surface area (TPSA) is 111 Å². The van der Waals surface area contributed by atoms with E-state index in [4.69, 9.17) is 4.42 Å². The van der Waals surface area contributed by atoms with Gasteiger partial charge in [-0.15, -0.1) is 4.68 Å². The molecular weight excluding hydrogens is 436 g/mol. The second-order valence-electron chi connectivity index (χ2n) is 8.52. The number of anilines is 1. The van der Waals surface area contributed by atoms with E-state index in [1.807, 2.05) is 24.3 Å². The molecule has 4 aromatic rings. The fraction of sp³-hybridized carbons (Fsp3) is 0.292. The van der Waals surface area contributed by atoms with E-state index in [1.165, 1.54) is 4.68 Å². The monoisotopic (exact) mass is 458 g/mol. The molecule has 10 nitrogen and oxygen atoms in total. The normalized spacial score (nSPS) is 16.2. The van der Waals surface area contributed by atoms with E-state index in [1.54, 1.807) is 24.3 Å². The largest absolute Gasteiger partial charge is 0.571 e. The van der Waals surface area contributed by atoms with Crippen LogP contribution in [0.5, 0.6) is 0 Å². The molecule has 0 saturated carbocycles. The number of carbonyl (C=O) groups is 2. The molecule has 1 saturated heterocycles. The molecule has 6 rings (SSSR count). The van der Waals surface area contributed by atoms with Gasteiger partial charge >= 0.3 is 0 Å². The van der Waals surface area contributed by atoms with Crippen LogP contribution in [0, 0.1) is 5.21 Å². The average molecular weight is 458 g/mol. The third-order valence-corrected chi connectivity index (χ3v) is 6.49. The lowest BCUT2D eigenvalue weighted by Crippen LogP contribution is -2.47. The minimum atomic E-state index is -0.385. The van der Waals surface area contributed by atoms with E-state index >= 15 is 0 Å². The maximum absolute atomic E-state index is 13.0. The molecule has 34 heavy (non-hydrogen) atoms. The number of hydrogen-bond donors (Lipinski definition) is 0. The van der Waals surface area contributed by atoms with Crippen LogP contribution in [0.25, 0.3) is 11.1 Å². The first-order valence-electron chi connectivity index (χ1n) is 11.3. The molecule has 0 spiro atoms. The van der Waals surface area contributed by atoms with Crippen LogP contribution in [0.15, 0.2) is 52.9 Å². The molecule has 0 unspecified atom stereocenters. The standard InChI is InChI=1S/C24H22N6O4/c31-22-16-6-1-2-7-17(16)23(32)21-20(22)26-30(33)29(21)11-5-10-27-12-14-28(15-13-27)24-25-18-8-3-4-9-19(18)34-24/h1-4,6-9H,5,10-15H2. The molecule has 3 heterocycles. The third-order valence-electron chi connectivity index (χ3n) is 6.49. The number of oxazole rings is 1. The first-order chi connectivity index (χ1) is 16.6. The van der Waals surface area contributed by atoms with Crippen LogP contribution in [0.4, 0.5) is 6.01 Å².